The molecule has 0 saturated heterocycles. The summed E-state index contributed by atoms with van der Waals surface area (Å²) in [6.45, 7) is 7.18. The Kier molecular flexibility index (Phi) is 6.02. The summed E-state index contributed by atoms with van der Waals surface area (Å²) in [5.74, 6) is 0.857. The van der Waals surface area contributed by atoms with Gasteiger partial charge < -0.3 is 10.1 Å². The van der Waals surface area contributed by atoms with E-state index in [0.717, 1.165) is 18.6 Å². The van der Waals surface area contributed by atoms with Crippen molar-refractivity contribution < 1.29 is 9.53 Å². The van der Waals surface area contributed by atoms with Crippen LogP contribution in [0.2, 0.25) is 0 Å². The van der Waals surface area contributed by atoms with Crippen LogP contribution in [0.15, 0.2) is 48.5 Å². The Morgan fingerprint density at radius 1 is 1.00 bits per heavy atom. The van der Waals surface area contributed by atoms with E-state index >= 15 is 0 Å². The normalized spacial score (nSPS) is 11.2. The van der Waals surface area contributed by atoms with E-state index in [-0.39, 0.29) is 11.3 Å². The number of amides is 1. The summed E-state index contributed by atoms with van der Waals surface area (Å²) in [6, 6.07) is 15.9. The minimum Gasteiger partial charge on any atom is -0.497 e. The maximum absolute atomic E-state index is 12.2. The van der Waals surface area contributed by atoms with E-state index < -0.39 is 0 Å². The average molecular weight is 325 g/mol. The number of carbonyl (C=O) groups is 1. The largest absolute Gasteiger partial charge is 0.497 e. The number of methoxy groups -OCH3 is 1. The molecular weight excluding hydrogens is 298 g/mol. The molecule has 0 heterocycles. The number of aryl methyl sites for hydroxylation is 1. The van der Waals surface area contributed by atoms with Gasteiger partial charge in [0.1, 0.15) is 5.75 Å². The summed E-state index contributed by atoms with van der Waals surface area (Å²) in [4.78, 5) is 12.2. The molecule has 0 aliphatic heterocycles. The Bertz CT molecular complexity index is 652. The lowest BCUT2D eigenvalue weighted by Crippen LogP contribution is -2.25. The van der Waals surface area contributed by atoms with Crippen LogP contribution in [0.1, 0.15) is 48.7 Å². The zero-order chi connectivity index (χ0) is 17.6. The zero-order valence-electron chi connectivity index (χ0n) is 15.1. The molecule has 0 radical (unpaired) electrons. The van der Waals surface area contributed by atoms with Crippen LogP contribution in [-0.4, -0.2) is 19.6 Å². The maximum atomic E-state index is 12.2. The fourth-order valence-electron chi connectivity index (χ4n) is 2.51. The van der Waals surface area contributed by atoms with E-state index in [1.807, 2.05) is 36.4 Å². The Morgan fingerprint density at radius 3 is 2.17 bits per heavy atom. The molecule has 2 aromatic rings. The van der Waals surface area contributed by atoms with Gasteiger partial charge in [-0.25, -0.2) is 0 Å². The maximum Gasteiger partial charge on any atom is 0.251 e. The number of hydrogen-bond donors (Lipinski definition) is 1. The van der Waals surface area contributed by atoms with E-state index in [1.54, 1.807) is 7.11 Å². The zero-order valence-corrected chi connectivity index (χ0v) is 15.1. The molecule has 0 aliphatic rings. The summed E-state index contributed by atoms with van der Waals surface area (Å²) >= 11 is 0. The smallest absolute Gasteiger partial charge is 0.251 e. The molecule has 0 atom stereocenters. The molecule has 0 unspecified atom stereocenters. The standard InChI is InChI=1S/C21H27NO2/c1-21(2,3)18-11-9-17(10-12-18)20(23)22-15-5-6-16-7-13-19(24-4)14-8-16/h7-14H,5-6,15H2,1-4H3,(H,22,23). The molecule has 1 N–H and O–H groups in total. The van der Waals surface area contributed by atoms with Crippen LogP contribution in [0.25, 0.3) is 0 Å². The van der Waals surface area contributed by atoms with Gasteiger partial charge in [0.25, 0.3) is 5.91 Å². The topological polar surface area (TPSA) is 38.3 Å². The third-order valence-corrected chi connectivity index (χ3v) is 4.10. The highest BCUT2D eigenvalue weighted by Gasteiger charge is 2.14. The summed E-state index contributed by atoms with van der Waals surface area (Å²) in [5.41, 5.74) is 3.30. The van der Waals surface area contributed by atoms with Crippen molar-refractivity contribution in [2.75, 3.05) is 13.7 Å². The fourth-order valence-corrected chi connectivity index (χ4v) is 2.51. The van der Waals surface area contributed by atoms with E-state index in [2.05, 4.69) is 38.2 Å². The molecule has 0 aromatic heterocycles. The SMILES string of the molecule is COc1ccc(CCCNC(=O)c2ccc(C(C)(C)C)cc2)cc1. The van der Waals surface area contributed by atoms with E-state index in [0.29, 0.717) is 12.1 Å². The third-order valence-electron chi connectivity index (χ3n) is 4.10. The van der Waals surface area contributed by atoms with Crippen LogP contribution in [-0.2, 0) is 11.8 Å². The quantitative estimate of drug-likeness (QED) is 0.802. The van der Waals surface area contributed by atoms with Gasteiger partial charge in [-0.05, 0) is 53.6 Å². The van der Waals surface area contributed by atoms with Crippen LogP contribution in [0, 0.1) is 0 Å². The molecule has 0 bridgehead atoms. The molecule has 3 heteroatoms. The Labute approximate surface area is 145 Å². The predicted octanol–water partition coefficient (Wildman–Crippen LogP) is 4.36. The molecule has 0 aliphatic carbocycles. The van der Waals surface area contributed by atoms with Gasteiger partial charge in [0.2, 0.25) is 0 Å². The second-order valence-electron chi connectivity index (χ2n) is 7.03. The van der Waals surface area contributed by atoms with Crippen molar-refractivity contribution in [3.63, 3.8) is 0 Å². The molecular formula is C21H27NO2. The molecule has 0 spiro atoms. The number of hydrogen-bond acceptors (Lipinski definition) is 2. The average Bonchev–Trinajstić information content (AvgIpc) is 2.58. The minimum atomic E-state index is -0.00908. The first-order chi connectivity index (χ1) is 11.4. The van der Waals surface area contributed by atoms with E-state index in [1.165, 1.54) is 11.1 Å². The van der Waals surface area contributed by atoms with Gasteiger partial charge >= 0.3 is 0 Å². The molecule has 128 valence electrons. The van der Waals surface area contributed by atoms with Crippen LogP contribution < -0.4 is 10.1 Å². The number of nitrogens with one attached hydrogen (secondary N) is 1. The van der Waals surface area contributed by atoms with E-state index in [4.69, 9.17) is 4.74 Å². The molecule has 0 fully saturated rings. The monoisotopic (exact) mass is 325 g/mol. The van der Waals surface area contributed by atoms with Gasteiger partial charge in [0, 0.05) is 12.1 Å². The highest BCUT2D eigenvalue weighted by Crippen LogP contribution is 2.22. The number of rotatable bonds is 6. The van der Waals surface area contributed by atoms with Crippen molar-refractivity contribution in [3.05, 3.63) is 65.2 Å². The third kappa shape index (κ3) is 5.12. The first-order valence-corrected chi connectivity index (χ1v) is 8.42. The molecule has 1 amide bonds. The van der Waals surface area contributed by atoms with Gasteiger partial charge in [-0.3, -0.25) is 4.79 Å². The number of benzene rings is 2. The van der Waals surface area contributed by atoms with Crippen molar-refractivity contribution in [1.82, 2.24) is 5.32 Å². The second kappa shape index (κ2) is 8.00. The van der Waals surface area contributed by atoms with Gasteiger partial charge in [0.15, 0.2) is 0 Å². The van der Waals surface area contributed by atoms with Gasteiger partial charge in [-0.2, -0.15) is 0 Å². The van der Waals surface area contributed by atoms with Crippen molar-refractivity contribution in [2.24, 2.45) is 0 Å². The highest BCUT2D eigenvalue weighted by atomic mass is 16.5. The molecule has 0 saturated carbocycles. The van der Waals surface area contributed by atoms with E-state index in [9.17, 15) is 4.79 Å². The molecule has 3 nitrogen and oxygen atoms in total. The van der Waals surface area contributed by atoms with Gasteiger partial charge in [-0.1, -0.05) is 45.0 Å². The molecule has 2 aromatic carbocycles. The van der Waals surface area contributed by atoms with Crippen LogP contribution in [0.3, 0.4) is 0 Å². The second-order valence-corrected chi connectivity index (χ2v) is 7.03. The van der Waals surface area contributed by atoms with Crippen molar-refractivity contribution in [3.8, 4) is 5.75 Å². The van der Waals surface area contributed by atoms with Crippen LogP contribution in [0.5, 0.6) is 5.75 Å². The van der Waals surface area contributed by atoms with Gasteiger partial charge in [-0.15, -0.1) is 0 Å². The highest BCUT2D eigenvalue weighted by molar-refractivity contribution is 5.94. The summed E-state index contributed by atoms with van der Waals surface area (Å²) in [7, 11) is 1.67. The van der Waals surface area contributed by atoms with Crippen molar-refractivity contribution >= 4 is 5.91 Å². The molecule has 24 heavy (non-hydrogen) atoms. The first kappa shape index (κ1) is 18.1. The minimum absolute atomic E-state index is 0.00908. The lowest BCUT2D eigenvalue weighted by Gasteiger charge is -2.19. The van der Waals surface area contributed by atoms with Crippen molar-refractivity contribution in [1.29, 1.82) is 0 Å². The fraction of sp³-hybridized carbons (Fsp3) is 0.381. The summed E-state index contributed by atoms with van der Waals surface area (Å²) in [6.07, 6.45) is 1.85. The molecule has 2 rings (SSSR count). The Balaban J connectivity index is 1.78. The van der Waals surface area contributed by atoms with Crippen LogP contribution >= 0.6 is 0 Å². The summed E-state index contributed by atoms with van der Waals surface area (Å²) < 4.78 is 5.15. The van der Waals surface area contributed by atoms with Crippen molar-refractivity contribution in [2.45, 2.75) is 39.0 Å². The predicted molar refractivity (Wildman–Crippen MR) is 98.8 cm³/mol. The van der Waals surface area contributed by atoms with Crippen LogP contribution in [0.4, 0.5) is 0 Å². The Hall–Kier alpha value is -2.29. The number of ether oxygens (including phenoxy) is 1. The Morgan fingerprint density at radius 2 is 1.62 bits per heavy atom. The lowest BCUT2D eigenvalue weighted by molar-refractivity contribution is 0.0953. The number of carbonyl (C=O) groups excluding carboxylic acids is 1. The lowest BCUT2D eigenvalue weighted by atomic mass is 9.87. The van der Waals surface area contributed by atoms with Gasteiger partial charge in [0.05, 0.1) is 7.11 Å². The summed E-state index contributed by atoms with van der Waals surface area (Å²) in [5, 5.41) is 2.99. The first-order valence-electron chi connectivity index (χ1n) is 8.42.